The summed E-state index contributed by atoms with van der Waals surface area (Å²) in [5.74, 6) is 0.747. The van der Waals surface area contributed by atoms with Crippen molar-refractivity contribution in [3.05, 3.63) is 83.9 Å². The van der Waals surface area contributed by atoms with E-state index in [1.807, 2.05) is 60.7 Å². The number of rotatable bonds is 4. The first-order chi connectivity index (χ1) is 13.6. The van der Waals surface area contributed by atoms with Gasteiger partial charge in [-0.15, -0.1) is 0 Å². The van der Waals surface area contributed by atoms with E-state index >= 15 is 0 Å². The third-order valence-electron chi connectivity index (χ3n) is 4.51. The molecule has 1 aliphatic rings. The summed E-state index contributed by atoms with van der Waals surface area (Å²) in [4.78, 5) is 18.0. The molecule has 28 heavy (non-hydrogen) atoms. The summed E-state index contributed by atoms with van der Waals surface area (Å²) >= 11 is 0. The molecule has 3 aromatic carbocycles. The Labute approximate surface area is 162 Å². The van der Waals surface area contributed by atoms with E-state index in [0.29, 0.717) is 17.9 Å². The second-order valence-corrected chi connectivity index (χ2v) is 6.43. The zero-order valence-corrected chi connectivity index (χ0v) is 15.1. The van der Waals surface area contributed by atoms with Crippen LogP contribution in [0.2, 0.25) is 0 Å². The average Bonchev–Trinajstić information content (AvgIpc) is 3.06. The van der Waals surface area contributed by atoms with Crippen LogP contribution in [0.15, 0.2) is 72.8 Å². The number of benzene rings is 3. The van der Waals surface area contributed by atoms with Gasteiger partial charge in [0.25, 0.3) is 0 Å². The summed E-state index contributed by atoms with van der Waals surface area (Å²) < 4.78 is 0. The molecule has 1 atom stereocenters. The molecule has 0 aromatic heterocycles. The van der Waals surface area contributed by atoms with Crippen LogP contribution in [-0.4, -0.2) is 6.03 Å². The highest BCUT2D eigenvalue weighted by molar-refractivity contribution is 5.99. The Bertz CT molecular complexity index is 973. The number of urea groups is 1. The van der Waals surface area contributed by atoms with Crippen LogP contribution in [0.3, 0.4) is 0 Å². The fraction of sp³-hybridized carbons (Fsp3) is 0.0952. The molecule has 7 heteroatoms. The first kappa shape index (κ1) is 17.8. The molecule has 0 radical (unpaired) electrons. The minimum Gasteiger partial charge on any atom is -0.377 e. The molecule has 0 aliphatic carbocycles. The number of para-hydroxylation sites is 1. The normalized spacial score (nSPS) is 14.9. The number of nitrogens with one attached hydrogen (secondary N) is 2. The second-order valence-electron chi connectivity index (χ2n) is 6.43. The maximum Gasteiger partial charge on any atom is 0.323 e. The summed E-state index contributed by atoms with van der Waals surface area (Å²) in [5.41, 5.74) is 15.9. The van der Waals surface area contributed by atoms with Crippen LogP contribution >= 0.6 is 0 Å². The van der Waals surface area contributed by atoms with Crippen LogP contribution in [-0.2, 0) is 6.54 Å². The minimum atomic E-state index is -0.380. The highest BCUT2D eigenvalue weighted by Gasteiger charge is 2.29. The summed E-state index contributed by atoms with van der Waals surface area (Å²) in [7, 11) is 0. The molecule has 0 bridgehead atoms. The average molecular weight is 375 g/mol. The van der Waals surface area contributed by atoms with Crippen molar-refractivity contribution in [2.24, 2.45) is 11.5 Å². The Hall–Kier alpha value is -3.55. The van der Waals surface area contributed by atoms with Crippen LogP contribution in [0.1, 0.15) is 17.3 Å². The molecule has 2 amide bonds. The molecule has 4 rings (SSSR count). The predicted octanol–water partition coefficient (Wildman–Crippen LogP) is 3.56. The van der Waals surface area contributed by atoms with Crippen LogP contribution in [0.5, 0.6) is 5.75 Å². The van der Waals surface area contributed by atoms with Crippen molar-refractivity contribution in [1.29, 1.82) is 0 Å². The van der Waals surface area contributed by atoms with E-state index in [4.69, 9.17) is 16.3 Å². The van der Waals surface area contributed by atoms with Crippen LogP contribution in [0.25, 0.3) is 0 Å². The molecule has 7 nitrogen and oxygen atoms in total. The highest BCUT2D eigenvalue weighted by atomic mass is 16.7. The van der Waals surface area contributed by atoms with E-state index in [-0.39, 0.29) is 12.2 Å². The smallest absolute Gasteiger partial charge is 0.323 e. The van der Waals surface area contributed by atoms with Gasteiger partial charge in [0.15, 0.2) is 5.75 Å². The number of hydrogen-bond acceptors (Lipinski definition) is 5. The molecule has 0 saturated heterocycles. The largest absolute Gasteiger partial charge is 0.377 e. The number of nitrogens with zero attached hydrogens (tertiary/aromatic N) is 1. The lowest BCUT2D eigenvalue weighted by Gasteiger charge is -2.21. The van der Waals surface area contributed by atoms with Crippen LogP contribution in [0.4, 0.5) is 21.9 Å². The monoisotopic (exact) mass is 375 g/mol. The van der Waals surface area contributed by atoms with Gasteiger partial charge in [-0.2, -0.15) is 5.06 Å². The summed E-state index contributed by atoms with van der Waals surface area (Å²) in [6.45, 7) is 0.467. The number of fused-ring (bicyclic) bond motifs is 1. The van der Waals surface area contributed by atoms with Crippen molar-refractivity contribution in [2.75, 3.05) is 15.7 Å². The predicted molar refractivity (Wildman–Crippen MR) is 110 cm³/mol. The zero-order valence-electron chi connectivity index (χ0n) is 15.1. The van der Waals surface area contributed by atoms with Crippen molar-refractivity contribution in [3.63, 3.8) is 0 Å². The minimum absolute atomic E-state index is 0.324. The van der Waals surface area contributed by atoms with Gasteiger partial charge in [-0.05, 0) is 48.0 Å². The topological polar surface area (TPSA) is 106 Å². The molecule has 1 heterocycles. The Kier molecular flexibility index (Phi) is 4.84. The fourth-order valence-corrected chi connectivity index (χ4v) is 3.02. The molecule has 3 aromatic rings. The number of anilines is 3. The van der Waals surface area contributed by atoms with Gasteiger partial charge in [-0.1, -0.05) is 30.3 Å². The molecule has 1 aliphatic heterocycles. The standard InChI is InChI=1S/C21H21N5O2/c22-13-14-5-7-15(8-6-14)24-21(27)25-16-9-11-17(12-10-16)26-20(23)18-3-1-2-4-19(18)28-26/h1-12,20H,13,22-23H2,(H2,24,25,27). The van der Waals surface area contributed by atoms with Crippen molar-refractivity contribution in [1.82, 2.24) is 0 Å². The van der Waals surface area contributed by atoms with Crippen LogP contribution in [0, 0.1) is 0 Å². The maximum atomic E-state index is 12.2. The third-order valence-corrected chi connectivity index (χ3v) is 4.51. The Morgan fingerprint density at radius 3 is 2.14 bits per heavy atom. The molecule has 1 unspecified atom stereocenters. The van der Waals surface area contributed by atoms with E-state index in [2.05, 4.69) is 10.6 Å². The lowest BCUT2D eigenvalue weighted by atomic mass is 10.1. The van der Waals surface area contributed by atoms with Gasteiger partial charge >= 0.3 is 6.03 Å². The first-order valence-corrected chi connectivity index (χ1v) is 8.93. The van der Waals surface area contributed by atoms with Crippen molar-refractivity contribution in [2.45, 2.75) is 12.7 Å². The molecule has 142 valence electrons. The Morgan fingerprint density at radius 1 is 0.929 bits per heavy atom. The zero-order chi connectivity index (χ0) is 19.5. The maximum absolute atomic E-state index is 12.2. The lowest BCUT2D eigenvalue weighted by molar-refractivity contribution is 0.262. The molecule has 0 fully saturated rings. The molecule has 0 saturated carbocycles. The third kappa shape index (κ3) is 3.62. The van der Waals surface area contributed by atoms with Crippen molar-refractivity contribution in [3.8, 4) is 5.75 Å². The first-order valence-electron chi connectivity index (χ1n) is 8.93. The number of nitrogens with two attached hydrogens (primary N) is 2. The van der Waals surface area contributed by atoms with E-state index < -0.39 is 0 Å². The van der Waals surface area contributed by atoms with Crippen LogP contribution < -0.4 is 32.0 Å². The molecular formula is C21H21N5O2. The number of amides is 2. The van der Waals surface area contributed by atoms with Gasteiger partial charge in [-0.25, -0.2) is 4.79 Å². The summed E-state index contributed by atoms with van der Waals surface area (Å²) in [6, 6.07) is 22.0. The van der Waals surface area contributed by atoms with Gasteiger partial charge in [0.1, 0.15) is 6.17 Å². The fourth-order valence-electron chi connectivity index (χ4n) is 3.02. The van der Waals surface area contributed by atoms with Gasteiger partial charge in [0.2, 0.25) is 0 Å². The summed E-state index contributed by atoms with van der Waals surface area (Å²) in [5, 5.41) is 7.23. The molecular weight excluding hydrogens is 354 g/mol. The Morgan fingerprint density at radius 2 is 1.54 bits per heavy atom. The van der Waals surface area contributed by atoms with Crippen molar-refractivity contribution < 1.29 is 9.63 Å². The van der Waals surface area contributed by atoms with E-state index in [1.165, 1.54) is 0 Å². The van der Waals surface area contributed by atoms with Gasteiger partial charge in [0.05, 0.1) is 5.69 Å². The van der Waals surface area contributed by atoms with E-state index in [1.54, 1.807) is 17.2 Å². The van der Waals surface area contributed by atoms with Gasteiger partial charge < -0.3 is 26.9 Å². The molecule has 0 spiro atoms. The van der Waals surface area contributed by atoms with E-state index in [9.17, 15) is 4.79 Å². The number of hydrogen-bond donors (Lipinski definition) is 4. The Balaban J connectivity index is 1.39. The number of hydroxylamine groups is 1. The molecule has 6 N–H and O–H groups in total. The second kappa shape index (κ2) is 7.59. The van der Waals surface area contributed by atoms with Gasteiger partial charge in [0, 0.05) is 23.5 Å². The van der Waals surface area contributed by atoms with E-state index in [0.717, 1.165) is 22.6 Å². The van der Waals surface area contributed by atoms with Gasteiger partial charge in [-0.3, -0.25) is 0 Å². The SMILES string of the molecule is NCc1ccc(NC(=O)Nc2ccc(N3Oc4ccccc4C3N)cc2)cc1. The quantitative estimate of drug-likeness (QED) is 0.558. The van der Waals surface area contributed by atoms with Crippen molar-refractivity contribution >= 4 is 23.1 Å². The number of carbonyl (C=O) groups excluding carboxylic acids is 1. The highest BCUT2D eigenvalue weighted by Crippen LogP contribution is 2.37. The lowest BCUT2D eigenvalue weighted by Crippen LogP contribution is -2.31. The number of carbonyl (C=O) groups is 1. The summed E-state index contributed by atoms with van der Waals surface area (Å²) in [6.07, 6.45) is -0.380.